The number of nitrogens with zero attached hydrogens (tertiary/aromatic N) is 1. The number of hydrazine groups is 1. The number of nitrogens with two attached hydrogens (primary N) is 1. The first-order chi connectivity index (χ1) is 9.44. The van der Waals surface area contributed by atoms with E-state index < -0.39 is 26.6 Å². The first-order valence-electron chi connectivity index (χ1n) is 5.97. The van der Waals surface area contributed by atoms with E-state index in [2.05, 4.69) is 4.83 Å². The standard InChI is InChI=1S/C11H15F2N3O3S/c12-9-5-8(7-14)6-10(11(9)13)20(17,18)15-16-1-3-19-4-2-16/h5-6,15H,1-4,7,14H2. The third-order valence-corrected chi connectivity index (χ3v) is 4.21. The molecule has 9 heteroatoms. The van der Waals surface area contributed by atoms with Crippen LogP contribution in [-0.4, -0.2) is 39.7 Å². The predicted molar refractivity (Wildman–Crippen MR) is 67.0 cm³/mol. The SMILES string of the molecule is NCc1cc(F)c(F)c(S(=O)(=O)NN2CCOCC2)c1. The Morgan fingerprint density at radius 3 is 2.55 bits per heavy atom. The van der Waals surface area contributed by atoms with Crippen molar-refractivity contribution in [1.29, 1.82) is 0 Å². The summed E-state index contributed by atoms with van der Waals surface area (Å²) in [6.45, 7) is 1.31. The molecule has 0 bridgehead atoms. The van der Waals surface area contributed by atoms with Crippen molar-refractivity contribution < 1.29 is 21.9 Å². The molecule has 1 aliphatic heterocycles. The Morgan fingerprint density at radius 2 is 1.95 bits per heavy atom. The normalized spacial score (nSPS) is 17.4. The predicted octanol–water partition coefficient (Wildman–Crippen LogP) is -0.0510. The molecule has 1 fully saturated rings. The molecular formula is C11H15F2N3O3S. The number of ether oxygens (including phenoxy) is 1. The van der Waals surface area contributed by atoms with Gasteiger partial charge in [0.2, 0.25) is 0 Å². The minimum atomic E-state index is -4.20. The van der Waals surface area contributed by atoms with Crippen LogP contribution in [0, 0.1) is 11.6 Å². The second kappa shape index (κ2) is 6.10. The third-order valence-electron chi connectivity index (χ3n) is 2.84. The highest BCUT2D eigenvalue weighted by Crippen LogP contribution is 2.20. The number of halogens is 2. The van der Waals surface area contributed by atoms with Gasteiger partial charge in [-0.25, -0.2) is 22.2 Å². The lowest BCUT2D eigenvalue weighted by Gasteiger charge is -2.26. The second-order valence-electron chi connectivity index (χ2n) is 4.29. The Hall–Kier alpha value is -1.13. The Kier molecular flexibility index (Phi) is 4.66. The lowest BCUT2D eigenvalue weighted by molar-refractivity contribution is 0.0272. The molecule has 112 valence electrons. The van der Waals surface area contributed by atoms with Crippen LogP contribution >= 0.6 is 0 Å². The summed E-state index contributed by atoms with van der Waals surface area (Å²) in [5.41, 5.74) is 5.53. The molecule has 2 rings (SSSR count). The number of hydrogen-bond acceptors (Lipinski definition) is 5. The smallest absolute Gasteiger partial charge is 0.256 e. The lowest BCUT2D eigenvalue weighted by Crippen LogP contribution is -2.48. The van der Waals surface area contributed by atoms with Gasteiger partial charge in [0.25, 0.3) is 10.0 Å². The maximum absolute atomic E-state index is 13.7. The molecule has 1 aromatic rings. The van der Waals surface area contributed by atoms with Gasteiger partial charge < -0.3 is 10.5 Å². The van der Waals surface area contributed by atoms with E-state index in [1.165, 1.54) is 5.01 Å². The van der Waals surface area contributed by atoms with Crippen LogP contribution in [0.1, 0.15) is 5.56 Å². The summed E-state index contributed by atoms with van der Waals surface area (Å²) in [4.78, 5) is 1.46. The molecule has 1 heterocycles. The van der Waals surface area contributed by atoms with E-state index in [9.17, 15) is 17.2 Å². The number of benzene rings is 1. The van der Waals surface area contributed by atoms with Crippen LogP contribution in [0.15, 0.2) is 17.0 Å². The Bertz CT molecular complexity index is 589. The molecule has 20 heavy (non-hydrogen) atoms. The number of sulfonamides is 1. The quantitative estimate of drug-likeness (QED) is 0.815. The summed E-state index contributed by atoms with van der Waals surface area (Å²) in [5, 5.41) is 1.38. The van der Waals surface area contributed by atoms with Crippen LogP contribution in [-0.2, 0) is 21.3 Å². The van der Waals surface area contributed by atoms with Gasteiger partial charge in [-0.2, -0.15) is 0 Å². The zero-order valence-electron chi connectivity index (χ0n) is 10.6. The van der Waals surface area contributed by atoms with Crippen molar-refractivity contribution in [2.45, 2.75) is 11.4 Å². The van der Waals surface area contributed by atoms with Gasteiger partial charge in [0.15, 0.2) is 11.6 Å². The van der Waals surface area contributed by atoms with Gasteiger partial charge in [0.05, 0.1) is 13.2 Å². The minimum Gasteiger partial charge on any atom is -0.379 e. The number of nitrogens with one attached hydrogen (secondary N) is 1. The van der Waals surface area contributed by atoms with Crippen molar-refractivity contribution in [2.24, 2.45) is 5.73 Å². The van der Waals surface area contributed by atoms with Crippen molar-refractivity contribution >= 4 is 10.0 Å². The van der Waals surface area contributed by atoms with E-state index in [1.807, 2.05) is 0 Å². The van der Waals surface area contributed by atoms with Gasteiger partial charge in [-0.3, -0.25) is 0 Å². The van der Waals surface area contributed by atoms with Crippen molar-refractivity contribution in [1.82, 2.24) is 9.84 Å². The fourth-order valence-corrected chi connectivity index (χ4v) is 3.07. The van der Waals surface area contributed by atoms with Gasteiger partial charge in [-0.05, 0) is 17.7 Å². The Labute approximate surface area is 115 Å². The van der Waals surface area contributed by atoms with E-state index >= 15 is 0 Å². The first-order valence-corrected chi connectivity index (χ1v) is 7.45. The summed E-state index contributed by atoms with van der Waals surface area (Å²) >= 11 is 0. The summed E-state index contributed by atoms with van der Waals surface area (Å²) < 4.78 is 56.3. The minimum absolute atomic E-state index is 0.0860. The molecule has 6 nitrogen and oxygen atoms in total. The molecule has 0 amide bonds. The van der Waals surface area contributed by atoms with Crippen LogP contribution < -0.4 is 10.6 Å². The van der Waals surface area contributed by atoms with Gasteiger partial charge >= 0.3 is 0 Å². The molecule has 0 saturated carbocycles. The average Bonchev–Trinajstić information content (AvgIpc) is 2.42. The largest absolute Gasteiger partial charge is 0.379 e. The molecule has 0 radical (unpaired) electrons. The molecular weight excluding hydrogens is 292 g/mol. The molecule has 0 unspecified atom stereocenters. The summed E-state index contributed by atoms with van der Waals surface area (Å²) in [7, 11) is -4.20. The van der Waals surface area contributed by atoms with E-state index in [0.717, 1.165) is 12.1 Å². The van der Waals surface area contributed by atoms with Gasteiger partial charge in [-0.1, -0.05) is 0 Å². The maximum atomic E-state index is 13.7. The molecule has 0 aliphatic carbocycles. The van der Waals surface area contributed by atoms with Crippen LogP contribution in [0.3, 0.4) is 0 Å². The Balaban J connectivity index is 2.30. The fourth-order valence-electron chi connectivity index (χ4n) is 1.80. The van der Waals surface area contributed by atoms with Gasteiger partial charge in [-0.15, -0.1) is 4.83 Å². The van der Waals surface area contributed by atoms with E-state index in [4.69, 9.17) is 10.5 Å². The van der Waals surface area contributed by atoms with Crippen LogP contribution in [0.4, 0.5) is 8.78 Å². The zero-order chi connectivity index (χ0) is 14.8. The topological polar surface area (TPSA) is 84.7 Å². The van der Waals surface area contributed by atoms with Crippen LogP contribution in [0.2, 0.25) is 0 Å². The number of rotatable bonds is 4. The monoisotopic (exact) mass is 307 g/mol. The van der Waals surface area contributed by atoms with Crippen molar-refractivity contribution in [3.63, 3.8) is 0 Å². The van der Waals surface area contributed by atoms with Crippen molar-refractivity contribution in [3.8, 4) is 0 Å². The summed E-state index contributed by atoms with van der Waals surface area (Å²) in [6.07, 6.45) is 0. The highest BCUT2D eigenvalue weighted by Gasteiger charge is 2.25. The molecule has 1 saturated heterocycles. The molecule has 3 N–H and O–H groups in total. The first kappa shape index (κ1) is 15.3. The second-order valence-corrected chi connectivity index (χ2v) is 5.92. The molecule has 1 aromatic carbocycles. The van der Waals surface area contributed by atoms with Crippen molar-refractivity contribution in [3.05, 3.63) is 29.3 Å². The highest BCUT2D eigenvalue weighted by molar-refractivity contribution is 7.89. The third kappa shape index (κ3) is 3.30. The average molecular weight is 307 g/mol. The number of morpholine rings is 1. The number of hydrogen-bond donors (Lipinski definition) is 2. The van der Waals surface area contributed by atoms with Crippen molar-refractivity contribution in [2.75, 3.05) is 26.3 Å². The molecule has 0 spiro atoms. The lowest BCUT2D eigenvalue weighted by atomic mass is 10.2. The fraction of sp³-hybridized carbons (Fsp3) is 0.455. The van der Waals surface area contributed by atoms with E-state index in [1.54, 1.807) is 0 Å². The summed E-state index contributed by atoms with van der Waals surface area (Å²) in [5.74, 6) is -2.65. The Morgan fingerprint density at radius 1 is 1.30 bits per heavy atom. The maximum Gasteiger partial charge on any atom is 0.256 e. The van der Waals surface area contributed by atoms with Crippen LogP contribution in [0.5, 0.6) is 0 Å². The highest BCUT2D eigenvalue weighted by atomic mass is 32.2. The molecule has 0 aromatic heterocycles. The zero-order valence-corrected chi connectivity index (χ0v) is 11.4. The van der Waals surface area contributed by atoms with Gasteiger partial charge in [0, 0.05) is 19.6 Å². The summed E-state index contributed by atoms with van der Waals surface area (Å²) in [6, 6.07) is 1.91. The van der Waals surface area contributed by atoms with E-state index in [-0.39, 0.29) is 12.1 Å². The van der Waals surface area contributed by atoms with Gasteiger partial charge in [0.1, 0.15) is 4.90 Å². The molecule has 1 aliphatic rings. The van der Waals surface area contributed by atoms with Crippen LogP contribution in [0.25, 0.3) is 0 Å². The van der Waals surface area contributed by atoms with E-state index in [0.29, 0.717) is 26.3 Å². The molecule has 0 atom stereocenters.